The third-order valence-electron chi connectivity index (χ3n) is 1.14. The van der Waals surface area contributed by atoms with Crippen LogP contribution in [-0.2, 0) is 6.42 Å². The Labute approximate surface area is 88.1 Å². The van der Waals surface area contributed by atoms with E-state index in [9.17, 15) is 0 Å². The van der Waals surface area contributed by atoms with Crippen LogP contribution in [0.25, 0.3) is 0 Å². The van der Waals surface area contributed by atoms with Crippen LogP contribution in [-0.4, -0.2) is 4.98 Å². The van der Waals surface area contributed by atoms with Crippen molar-refractivity contribution in [1.82, 2.24) is 4.98 Å². The van der Waals surface area contributed by atoms with E-state index >= 15 is 0 Å². The van der Waals surface area contributed by atoms with Crippen LogP contribution in [0.3, 0.4) is 0 Å². The smallest absolute Gasteiger partial charge is 0.147 e. The van der Waals surface area contributed by atoms with E-state index in [2.05, 4.69) is 4.98 Å². The molecule has 4 heteroatoms. The largest absolute Gasteiger partial charge is 0.243 e. The third kappa shape index (κ3) is 4.12. The highest BCUT2D eigenvalue weighted by molar-refractivity contribution is 6.41. The molecule has 1 heterocycles. The van der Waals surface area contributed by atoms with E-state index in [4.69, 9.17) is 28.5 Å². The lowest BCUT2D eigenvalue weighted by Crippen LogP contribution is -1.84. The number of hydrogen-bond acceptors (Lipinski definition) is 2. The van der Waals surface area contributed by atoms with Crippen LogP contribution in [0, 0.1) is 11.3 Å². The molecule has 0 fully saturated rings. The molecule has 0 saturated heterocycles. The van der Waals surface area contributed by atoms with Crippen LogP contribution in [0.2, 0.25) is 10.2 Å². The van der Waals surface area contributed by atoms with Crippen molar-refractivity contribution in [2.75, 3.05) is 0 Å². The van der Waals surface area contributed by atoms with Gasteiger partial charge in [0, 0.05) is 6.20 Å². The standard InChI is InChI=1S/C7H4Cl2N2.C2H6/c8-6-3-5(1-2-10)4-11-7(6)9;1-2/h3-4H,1H2;1-2H3. The molecule has 1 rings (SSSR count). The Balaban J connectivity index is 0.000000671. The first-order chi connectivity index (χ1) is 6.24. The van der Waals surface area contributed by atoms with Crippen molar-refractivity contribution < 1.29 is 0 Å². The molecule has 0 amide bonds. The number of pyridine rings is 1. The molecule has 1 aromatic rings. The highest BCUT2D eigenvalue weighted by Crippen LogP contribution is 2.19. The molecule has 0 unspecified atom stereocenters. The Hall–Kier alpha value is -0.780. The minimum Gasteiger partial charge on any atom is -0.243 e. The number of nitrogens with zero attached hydrogens (tertiary/aromatic N) is 2. The fourth-order valence-corrected chi connectivity index (χ4v) is 0.941. The summed E-state index contributed by atoms with van der Waals surface area (Å²) in [7, 11) is 0. The van der Waals surface area contributed by atoms with Crippen molar-refractivity contribution in [2.24, 2.45) is 0 Å². The van der Waals surface area contributed by atoms with Crippen molar-refractivity contribution in [3.8, 4) is 6.07 Å². The van der Waals surface area contributed by atoms with Crippen molar-refractivity contribution in [2.45, 2.75) is 20.3 Å². The molecule has 0 aliphatic rings. The zero-order valence-electron chi connectivity index (χ0n) is 7.51. The molecule has 0 spiro atoms. The second-order valence-electron chi connectivity index (χ2n) is 1.95. The second-order valence-corrected chi connectivity index (χ2v) is 2.72. The van der Waals surface area contributed by atoms with Crippen molar-refractivity contribution in [1.29, 1.82) is 5.26 Å². The molecule has 1 aromatic heterocycles. The maximum absolute atomic E-state index is 8.33. The molecule has 0 aliphatic heterocycles. The van der Waals surface area contributed by atoms with Gasteiger partial charge in [0.25, 0.3) is 0 Å². The van der Waals surface area contributed by atoms with Crippen LogP contribution in [0.15, 0.2) is 12.3 Å². The van der Waals surface area contributed by atoms with E-state index in [1.807, 2.05) is 19.9 Å². The Kier molecular flexibility index (Phi) is 6.30. The Morgan fingerprint density at radius 1 is 1.46 bits per heavy atom. The summed E-state index contributed by atoms with van der Waals surface area (Å²) in [5.41, 5.74) is 0.780. The molecule has 0 saturated carbocycles. The third-order valence-corrected chi connectivity index (χ3v) is 1.82. The van der Waals surface area contributed by atoms with Gasteiger partial charge >= 0.3 is 0 Å². The van der Waals surface area contributed by atoms with Crippen LogP contribution >= 0.6 is 23.2 Å². The topological polar surface area (TPSA) is 36.7 Å². The monoisotopic (exact) mass is 216 g/mol. The molecular weight excluding hydrogens is 207 g/mol. The van der Waals surface area contributed by atoms with E-state index < -0.39 is 0 Å². The summed E-state index contributed by atoms with van der Waals surface area (Å²) in [5, 5.41) is 8.99. The fraction of sp³-hybridized carbons (Fsp3) is 0.333. The molecule has 0 atom stereocenters. The number of aromatic nitrogens is 1. The zero-order valence-corrected chi connectivity index (χ0v) is 9.02. The molecule has 0 aliphatic carbocycles. The minimum atomic E-state index is 0.272. The molecule has 0 aromatic carbocycles. The molecule has 70 valence electrons. The summed E-state index contributed by atoms with van der Waals surface area (Å²) in [6.07, 6.45) is 1.85. The van der Waals surface area contributed by atoms with E-state index in [-0.39, 0.29) is 5.15 Å². The summed E-state index contributed by atoms with van der Waals surface area (Å²) in [4.78, 5) is 3.78. The van der Waals surface area contributed by atoms with Gasteiger partial charge in [-0.25, -0.2) is 4.98 Å². The van der Waals surface area contributed by atoms with Crippen molar-refractivity contribution in [3.05, 3.63) is 28.0 Å². The maximum atomic E-state index is 8.33. The summed E-state index contributed by atoms with van der Waals surface area (Å²) in [6.45, 7) is 4.00. The quantitative estimate of drug-likeness (QED) is 0.675. The van der Waals surface area contributed by atoms with E-state index in [1.165, 1.54) is 6.20 Å². The van der Waals surface area contributed by atoms with Gasteiger partial charge in [-0.2, -0.15) is 5.26 Å². The first kappa shape index (κ1) is 12.2. The maximum Gasteiger partial charge on any atom is 0.147 e. The summed E-state index contributed by atoms with van der Waals surface area (Å²) in [5.74, 6) is 0. The van der Waals surface area contributed by atoms with Crippen molar-refractivity contribution in [3.63, 3.8) is 0 Å². The Morgan fingerprint density at radius 3 is 2.54 bits per heavy atom. The van der Waals surface area contributed by atoms with Crippen LogP contribution in [0.1, 0.15) is 19.4 Å². The first-order valence-electron chi connectivity index (χ1n) is 3.91. The van der Waals surface area contributed by atoms with Gasteiger partial charge in [-0.15, -0.1) is 0 Å². The van der Waals surface area contributed by atoms with Gasteiger partial charge in [0.1, 0.15) is 5.15 Å². The number of hydrogen-bond donors (Lipinski definition) is 0. The molecule has 0 N–H and O–H groups in total. The predicted octanol–water partition coefficient (Wildman–Crippen LogP) is 3.48. The van der Waals surface area contributed by atoms with Gasteiger partial charge in [0.2, 0.25) is 0 Å². The average Bonchev–Trinajstić information content (AvgIpc) is 2.15. The zero-order chi connectivity index (χ0) is 10.3. The SMILES string of the molecule is CC.N#CCc1cnc(Cl)c(Cl)c1. The van der Waals surface area contributed by atoms with Crippen LogP contribution in [0.4, 0.5) is 0 Å². The normalized spacial score (nSPS) is 8.23. The second kappa shape index (κ2) is 6.71. The van der Waals surface area contributed by atoms with Gasteiger partial charge < -0.3 is 0 Å². The average molecular weight is 217 g/mol. The van der Waals surface area contributed by atoms with Crippen LogP contribution in [0.5, 0.6) is 0 Å². The lowest BCUT2D eigenvalue weighted by molar-refractivity contribution is 1.19. The van der Waals surface area contributed by atoms with Gasteiger partial charge in [-0.3, -0.25) is 0 Å². The molecule has 2 nitrogen and oxygen atoms in total. The lowest BCUT2D eigenvalue weighted by atomic mass is 10.2. The molecule has 13 heavy (non-hydrogen) atoms. The van der Waals surface area contributed by atoms with Crippen LogP contribution < -0.4 is 0 Å². The first-order valence-corrected chi connectivity index (χ1v) is 4.66. The number of nitriles is 1. The van der Waals surface area contributed by atoms with Gasteiger partial charge in [-0.05, 0) is 11.6 Å². The van der Waals surface area contributed by atoms with E-state index in [0.29, 0.717) is 11.4 Å². The molecule has 0 bridgehead atoms. The molecule has 0 radical (unpaired) electrons. The Bertz CT molecular complexity index is 305. The van der Waals surface area contributed by atoms with Gasteiger partial charge in [0.05, 0.1) is 17.5 Å². The Morgan fingerprint density at radius 2 is 2.08 bits per heavy atom. The van der Waals surface area contributed by atoms with E-state index in [0.717, 1.165) is 5.56 Å². The summed E-state index contributed by atoms with van der Waals surface area (Å²) in [6, 6.07) is 3.63. The van der Waals surface area contributed by atoms with Crippen molar-refractivity contribution >= 4 is 23.2 Å². The number of rotatable bonds is 1. The van der Waals surface area contributed by atoms with E-state index in [1.54, 1.807) is 6.07 Å². The fourth-order valence-electron chi connectivity index (χ4n) is 0.649. The highest BCUT2D eigenvalue weighted by Gasteiger charge is 1.99. The van der Waals surface area contributed by atoms with Gasteiger partial charge in [0.15, 0.2) is 0 Å². The number of halogens is 2. The predicted molar refractivity (Wildman–Crippen MR) is 54.9 cm³/mol. The van der Waals surface area contributed by atoms with Gasteiger partial charge in [-0.1, -0.05) is 37.0 Å². The highest BCUT2D eigenvalue weighted by atomic mass is 35.5. The summed E-state index contributed by atoms with van der Waals surface area (Å²) >= 11 is 11.2. The molecular formula is C9H10Cl2N2. The lowest BCUT2D eigenvalue weighted by Gasteiger charge is -1.95. The summed E-state index contributed by atoms with van der Waals surface area (Å²) < 4.78 is 0. The minimum absolute atomic E-state index is 0.272.